The first-order chi connectivity index (χ1) is 20.9. The molecular formula is C30H32N6O6S2. The lowest BCUT2D eigenvalue weighted by atomic mass is 10.2. The summed E-state index contributed by atoms with van der Waals surface area (Å²) in [6.07, 6.45) is 0. The van der Waals surface area contributed by atoms with E-state index in [4.69, 9.17) is 31.8 Å². The van der Waals surface area contributed by atoms with E-state index >= 15 is 0 Å². The minimum absolute atomic E-state index is 0.0793. The fourth-order valence-corrected chi connectivity index (χ4v) is 5.91. The Labute approximate surface area is 256 Å². The lowest BCUT2D eigenvalue weighted by Gasteiger charge is -2.11. The Hall–Kier alpha value is -4.76. The fourth-order valence-electron chi connectivity index (χ4n) is 3.88. The zero-order valence-corrected chi connectivity index (χ0v) is 25.1. The molecule has 0 unspecified atom stereocenters. The minimum Gasteiger partial charge on any atom is -0.490 e. The zero-order chi connectivity index (χ0) is 31.7. The highest BCUT2D eigenvalue weighted by Gasteiger charge is 2.15. The van der Waals surface area contributed by atoms with Gasteiger partial charge in [0.25, 0.3) is 0 Å². The van der Waals surface area contributed by atoms with Crippen LogP contribution in [0, 0.1) is 10.8 Å². The van der Waals surface area contributed by atoms with Crippen molar-refractivity contribution >= 4 is 31.7 Å². The third kappa shape index (κ3) is 8.87. The van der Waals surface area contributed by atoms with Gasteiger partial charge in [-0.3, -0.25) is 10.8 Å². The second kappa shape index (κ2) is 14.1. The molecule has 0 radical (unpaired) electrons. The summed E-state index contributed by atoms with van der Waals surface area (Å²) in [5, 5.41) is 14.8. The Bertz CT molecular complexity index is 1670. The molecule has 0 aliphatic carbocycles. The molecule has 230 valence electrons. The Kier molecular flexibility index (Phi) is 10.3. The van der Waals surface area contributed by atoms with Gasteiger partial charge in [-0.1, -0.05) is 24.3 Å². The summed E-state index contributed by atoms with van der Waals surface area (Å²) in [4.78, 5) is 0.159. The SMILES string of the molecule is N=C(N)c1ccc(S(=O)(=O)NCc2ccc(OCCOc3ccc(CNS(=O)(=O)c4ccc(C(=N)N)cc4)cc3)cc2)cc1. The van der Waals surface area contributed by atoms with Crippen molar-refractivity contribution in [1.29, 1.82) is 10.8 Å². The summed E-state index contributed by atoms with van der Waals surface area (Å²) in [7, 11) is -7.46. The standard InChI is InChI=1S/C30H32N6O6S2/c31-29(32)23-5-13-27(14-6-23)43(37,38)35-19-21-1-9-25(10-2-21)41-17-18-42-26-11-3-22(4-12-26)20-36-44(39,40)28-15-7-24(8-16-28)30(33)34/h1-16,35-36H,17-20H2,(H3,31,32)(H3,33,34). The van der Waals surface area contributed by atoms with Crippen LogP contribution >= 0.6 is 0 Å². The molecule has 0 spiro atoms. The minimum atomic E-state index is -3.73. The monoisotopic (exact) mass is 636 g/mol. The highest BCUT2D eigenvalue weighted by atomic mass is 32.2. The van der Waals surface area contributed by atoms with Crippen LogP contribution in [0.2, 0.25) is 0 Å². The highest BCUT2D eigenvalue weighted by Crippen LogP contribution is 2.17. The number of nitrogen functional groups attached to an aromatic ring is 2. The van der Waals surface area contributed by atoms with Crippen molar-refractivity contribution in [3.05, 3.63) is 119 Å². The second-order valence-electron chi connectivity index (χ2n) is 9.51. The van der Waals surface area contributed by atoms with Crippen LogP contribution in [0.1, 0.15) is 22.3 Å². The van der Waals surface area contributed by atoms with Gasteiger partial charge in [-0.05, 0) is 83.9 Å². The second-order valence-corrected chi connectivity index (χ2v) is 13.0. The van der Waals surface area contributed by atoms with E-state index in [1.807, 2.05) is 0 Å². The van der Waals surface area contributed by atoms with Crippen LogP contribution < -0.4 is 30.4 Å². The fraction of sp³-hybridized carbons (Fsp3) is 0.133. The average molecular weight is 637 g/mol. The van der Waals surface area contributed by atoms with E-state index in [9.17, 15) is 16.8 Å². The molecule has 0 aromatic heterocycles. The van der Waals surface area contributed by atoms with Crippen LogP contribution in [0.25, 0.3) is 0 Å². The van der Waals surface area contributed by atoms with E-state index in [-0.39, 0.29) is 47.8 Å². The van der Waals surface area contributed by atoms with Gasteiger partial charge < -0.3 is 20.9 Å². The summed E-state index contributed by atoms with van der Waals surface area (Å²) in [5.74, 6) is 0.918. The van der Waals surface area contributed by atoms with Gasteiger partial charge >= 0.3 is 0 Å². The molecule has 0 aliphatic heterocycles. The third-order valence-electron chi connectivity index (χ3n) is 6.35. The lowest BCUT2D eigenvalue weighted by molar-refractivity contribution is 0.217. The molecule has 14 heteroatoms. The smallest absolute Gasteiger partial charge is 0.240 e. The molecule has 0 saturated heterocycles. The number of sulfonamides is 2. The third-order valence-corrected chi connectivity index (χ3v) is 9.19. The topological polar surface area (TPSA) is 211 Å². The number of ether oxygens (including phenoxy) is 2. The molecule has 44 heavy (non-hydrogen) atoms. The van der Waals surface area contributed by atoms with Crippen LogP contribution in [-0.4, -0.2) is 41.7 Å². The molecular weight excluding hydrogens is 605 g/mol. The first-order valence-electron chi connectivity index (χ1n) is 13.2. The van der Waals surface area contributed by atoms with Gasteiger partial charge in [0.05, 0.1) is 9.79 Å². The maximum atomic E-state index is 12.5. The van der Waals surface area contributed by atoms with Gasteiger partial charge in [0.2, 0.25) is 20.0 Å². The summed E-state index contributed by atoms with van der Waals surface area (Å²) in [5.41, 5.74) is 13.2. The normalized spacial score (nSPS) is 11.5. The van der Waals surface area contributed by atoms with E-state index in [0.29, 0.717) is 22.6 Å². The zero-order valence-electron chi connectivity index (χ0n) is 23.5. The van der Waals surface area contributed by atoms with Gasteiger partial charge in [0, 0.05) is 24.2 Å². The van der Waals surface area contributed by atoms with Crippen LogP contribution in [-0.2, 0) is 33.1 Å². The van der Waals surface area contributed by atoms with Gasteiger partial charge in [0.1, 0.15) is 36.4 Å². The van der Waals surface area contributed by atoms with Crippen molar-refractivity contribution in [3.63, 3.8) is 0 Å². The molecule has 0 amide bonds. The van der Waals surface area contributed by atoms with E-state index in [1.54, 1.807) is 48.5 Å². The highest BCUT2D eigenvalue weighted by molar-refractivity contribution is 7.89. The molecule has 4 aromatic carbocycles. The maximum Gasteiger partial charge on any atom is 0.240 e. The van der Waals surface area contributed by atoms with Crippen LogP contribution in [0.5, 0.6) is 11.5 Å². The van der Waals surface area contributed by atoms with Crippen molar-refractivity contribution < 1.29 is 26.3 Å². The number of benzene rings is 4. The molecule has 0 aliphatic rings. The number of hydrogen-bond acceptors (Lipinski definition) is 8. The number of nitrogens with one attached hydrogen (secondary N) is 4. The molecule has 0 fully saturated rings. The van der Waals surface area contributed by atoms with E-state index in [2.05, 4.69) is 9.44 Å². The van der Waals surface area contributed by atoms with Crippen molar-refractivity contribution in [1.82, 2.24) is 9.44 Å². The summed E-state index contributed by atoms with van der Waals surface area (Å²) in [6.45, 7) is 0.718. The Morgan fingerprint density at radius 2 is 0.864 bits per heavy atom. The van der Waals surface area contributed by atoms with Gasteiger partial charge in [-0.15, -0.1) is 0 Å². The first-order valence-corrected chi connectivity index (χ1v) is 16.2. The van der Waals surface area contributed by atoms with Crippen molar-refractivity contribution in [2.24, 2.45) is 11.5 Å². The molecule has 12 nitrogen and oxygen atoms in total. The predicted molar refractivity (Wildman–Crippen MR) is 167 cm³/mol. The van der Waals surface area contributed by atoms with Crippen molar-refractivity contribution in [2.45, 2.75) is 22.9 Å². The number of amidine groups is 2. The van der Waals surface area contributed by atoms with Crippen LogP contribution in [0.4, 0.5) is 0 Å². The number of hydrogen-bond donors (Lipinski definition) is 6. The summed E-state index contributed by atoms with van der Waals surface area (Å²) < 4.78 is 66.7. The van der Waals surface area contributed by atoms with Gasteiger partial charge in [-0.25, -0.2) is 26.3 Å². The van der Waals surface area contributed by atoms with Gasteiger partial charge in [-0.2, -0.15) is 0 Å². The predicted octanol–water partition coefficient (Wildman–Crippen LogP) is 2.67. The largest absolute Gasteiger partial charge is 0.490 e. The molecule has 0 atom stereocenters. The van der Waals surface area contributed by atoms with Crippen molar-refractivity contribution in [3.8, 4) is 11.5 Å². The molecule has 4 aromatic rings. The Balaban J connectivity index is 1.18. The number of nitrogens with two attached hydrogens (primary N) is 2. The summed E-state index contributed by atoms with van der Waals surface area (Å²) >= 11 is 0. The van der Waals surface area contributed by atoms with Crippen LogP contribution in [0.3, 0.4) is 0 Å². The molecule has 8 N–H and O–H groups in total. The number of rotatable bonds is 15. The molecule has 0 heterocycles. The van der Waals surface area contributed by atoms with Crippen LogP contribution in [0.15, 0.2) is 107 Å². The van der Waals surface area contributed by atoms with E-state index < -0.39 is 20.0 Å². The van der Waals surface area contributed by atoms with Crippen molar-refractivity contribution in [2.75, 3.05) is 13.2 Å². The molecule has 0 saturated carbocycles. The van der Waals surface area contributed by atoms with E-state index in [0.717, 1.165) is 11.1 Å². The first kappa shape index (κ1) is 32.2. The average Bonchev–Trinajstić information content (AvgIpc) is 3.02. The maximum absolute atomic E-state index is 12.5. The Morgan fingerprint density at radius 1 is 0.545 bits per heavy atom. The van der Waals surface area contributed by atoms with Gasteiger partial charge in [0.15, 0.2) is 0 Å². The quantitative estimate of drug-likeness (QED) is 0.0647. The van der Waals surface area contributed by atoms with E-state index in [1.165, 1.54) is 48.5 Å². The molecule has 0 bridgehead atoms. The lowest BCUT2D eigenvalue weighted by Crippen LogP contribution is -2.23. The summed E-state index contributed by atoms with van der Waals surface area (Å²) in [6, 6.07) is 25.5. The Morgan fingerprint density at radius 3 is 1.16 bits per heavy atom. The molecule has 4 rings (SSSR count).